The molecule has 1 unspecified atom stereocenters. The van der Waals surface area contributed by atoms with Crippen molar-refractivity contribution < 1.29 is 14.3 Å². The van der Waals surface area contributed by atoms with Gasteiger partial charge < -0.3 is 20.5 Å². The van der Waals surface area contributed by atoms with Crippen molar-refractivity contribution in [2.75, 3.05) is 26.1 Å². The maximum atomic E-state index is 11.1. The van der Waals surface area contributed by atoms with Gasteiger partial charge in [0.2, 0.25) is 5.91 Å². The Labute approximate surface area is 107 Å². The Morgan fingerprint density at radius 3 is 2.72 bits per heavy atom. The summed E-state index contributed by atoms with van der Waals surface area (Å²) in [5.74, 6) is 0.231. The van der Waals surface area contributed by atoms with Gasteiger partial charge in [-0.15, -0.1) is 0 Å². The van der Waals surface area contributed by atoms with Gasteiger partial charge in [-0.05, 0) is 31.5 Å². The molecule has 5 heteroatoms. The molecule has 0 bridgehead atoms. The molecule has 0 aliphatic rings. The Kier molecular flexibility index (Phi) is 5.45. The van der Waals surface area contributed by atoms with Crippen molar-refractivity contribution in [2.45, 2.75) is 19.4 Å². The van der Waals surface area contributed by atoms with Gasteiger partial charge in [0.05, 0.1) is 12.8 Å². The molecule has 18 heavy (non-hydrogen) atoms. The van der Waals surface area contributed by atoms with Crippen LogP contribution in [0.1, 0.15) is 23.7 Å². The van der Waals surface area contributed by atoms with E-state index in [0.717, 1.165) is 12.1 Å². The minimum absolute atomic E-state index is 0.210. The normalized spacial score (nSPS) is 11.9. The number of amides is 1. The van der Waals surface area contributed by atoms with Gasteiger partial charge in [0, 0.05) is 25.3 Å². The van der Waals surface area contributed by atoms with Gasteiger partial charge >= 0.3 is 0 Å². The van der Waals surface area contributed by atoms with Gasteiger partial charge in [-0.3, -0.25) is 4.79 Å². The zero-order chi connectivity index (χ0) is 13.5. The molecule has 1 amide bonds. The molecule has 0 aliphatic carbocycles. The van der Waals surface area contributed by atoms with E-state index in [2.05, 4.69) is 5.32 Å². The summed E-state index contributed by atoms with van der Waals surface area (Å²) < 4.78 is 10.3. The zero-order valence-corrected chi connectivity index (χ0v) is 11.0. The highest BCUT2D eigenvalue weighted by Gasteiger charge is 2.10. The molecule has 0 spiro atoms. The number of hydrogen-bond donors (Lipinski definition) is 2. The van der Waals surface area contributed by atoms with Gasteiger partial charge in [0.1, 0.15) is 5.75 Å². The first kappa shape index (κ1) is 14.3. The Balaban J connectivity index is 2.84. The molecule has 1 aromatic carbocycles. The van der Waals surface area contributed by atoms with Crippen LogP contribution in [0, 0.1) is 0 Å². The van der Waals surface area contributed by atoms with Crippen molar-refractivity contribution in [3.8, 4) is 5.75 Å². The maximum Gasteiger partial charge on any atom is 0.248 e. The van der Waals surface area contributed by atoms with Gasteiger partial charge in [-0.2, -0.15) is 0 Å². The summed E-state index contributed by atoms with van der Waals surface area (Å²) in [5.41, 5.74) is 6.47. The lowest BCUT2D eigenvalue weighted by molar-refractivity contribution is 0.100. The smallest absolute Gasteiger partial charge is 0.248 e. The molecular weight excluding hydrogens is 232 g/mol. The minimum Gasteiger partial charge on any atom is -0.495 e. The number of benzene rings is 1. The van der Waals surface area contributed by atoms with E-state index in [-0.39, 0.29) is 6.04 Å². The number of ether oxygens (including phenoxy) is 2. The fourth-order valence-corrected chi connectivity index (χ4v) is 1.61. The van der Waals surface area contributed by atoms with Crippen LogP contribution in [-0.4, -0.2) is 32.8 Å². The predicted octanol–water partition coefficient (Wildman–Crippen LogP) is 1.63. The average Bonchev–Trinajstić information content (AvgIpc) is 2.36. The fraction of sp³-hybridized carbons (Fsp3) is 0.462. The van der Waals surface area contributed by atoms with Gasteiger partial charge in [-0.1, -0.05) is 0 Å². The lowest BCUT2D eigenvalue weighted by Crippen LogP contribution is -2.18. The molecule has 0 saturated carbocycles. The van der Waals surface area contributed by atoms with E-state index in [1.165, 1.54) is 0 Å². The molecule has 1 rings (SSSR count). The summed E-state index contributed by atoms with van der Waals surface area (Å²) in [6.45, 7) is 2.71. The number of anilines is 1. The molecule has 3 N–H and O–H groups in total. The van der Waals surface area contributed by atoms with Crippen molar-refractivity contribution in [1.82, 2.24) is 0 Å². The lowest BCUT2D eigenvalue weighted by Gasteiger charge is -2.17. The third-order valence-electron chi connectivity index (χ3n) is 2.64. The van der Waals surface area contributed by atoms with Crippen LogP contribution < -0.4 is 15.8 Å². The van der Waals surface area contributed by atoms with Gasteiger partial charge in [0.25, 0.3) is 0 Å². The molecule has 100 valence electrons. The second kappa shape index (κ2) is 6.86. The van der Waals surface area contributed by atoms with Crippen molar-refractivity contribution in [1.29, 1.82) is 0 Å². The van der Waals surface area contributed by atoms with Crippen molar-refractivity contribution in [3.05, 3.63) is 23.8 Å². The molecule has 0 aromatic heterocycles. The Hall–Kier alpha value is -1.75. The SMILES string of the molecule is COCCC(C)Nc1cc(C(N)=O)ccc1OC. The number of carbonyl (C=O) groups is 1. The zero-order valence-electron chi connectivity index (χ0n) is 11.0. The van der Waals surface area contributed by atoms with Crippen molar-refractivity contribution >= 4 is 11.6 Å². The number of rotatable bonds is 7. The van der Waals surface area contributed by atoms with E-state index >= 15 is 0 Å². The number of methoxy groups -OCH3 is 2. The van der Waals surface area contributed by atoms with E-state index in [1.807, 2.05) is 6.92 Å². The third-order valence-corrected chi connectivity index (χ3v) is 2.64. The van der Waals surface area contributed by atoms with Crippen LogP contribution in [0.3, 0.4) is 0 Å². The first-order valence-corrected chi connectivity index (χ1v) is 5.81. The highest BCUT2D eigenvalue weighted by atomic mass is 16.5. The monoisotopic (exact) mass is 252 g/mol. The van der Waals surface area contributed by atoms with E-state index in [1.54, 1.807) is 32.4 Å². The Morgan fingerprint density at radius 2 is 2.17 bits per heavy atom. The van der Waals surface area contributed by atoms with Crippen LogP contribution in [-0.2, 0) is 4.74 Å². The van der Waals surface area contributed by atoms with E-state index < -0.39 is 5.91 Å². The number of nitrogens with two attached hydrogens (primary N) is 1. The average molecular weight is 252 g/mol. The molecule has 0 aliphatic heterocycles. The first-order chi connectivity index (χ1) is 8.58. The van der Waals surface area contributed by atoms with Gasteiger partial charge in [-0.25, -0.2) is 0 Å². The molecule has 1 atom stereocenters. The molecule has 0 heterocycles. The minimum atomic E-state index is -0.453. The maximum absolute atomic E-state index is 11.1. The highest BCUT2D eigenvalue weighted by molar-refractivity contribution is 5.94. The topological polar surface area (TPSA) is 73.6 Å². The van der Waals surface area contributed by atoms with Gasteiger partial charge in [0.15, 0.2) is 0 Å². The van der Waals surface area contributed by atoms with E-state index in [0.29, 0.717) is 17.9 Å². The van der Waals surface area contributed by atoms with Crippen LogP contribution in [0.2, 0.25) is 0 Å². The molecule has 0 saturated heterocycles. The molecule has 0 radical (unpaired) electrons. The Morgan fingerprint density at radius 1 is 1.44 bits per heavy atom. The summed E-state index contributed by atoms with van der Waals surface area (Å²) in [5, 5.41) is 3.28. The van der Waals surface area contributed by atoms with E-state index in [9.17, 15) is 4.79 Å². The van der Waals surface area contributed by atoms with Crippen LogP contribution in [0.5, 0.6) is 5.75 Å². The second-order valence-corrected chi connectivity index (χ2v) is 4.11. The van der Waals surface area contributed by atoms with Crippen molar-refractivity contribution in [3.63, 3.8) is 0 Å². The summed E-state index contributed by atoms with van der Waals surface area (Å²) in [7, 11) is 3.26. The first-order valence-electron chi connectivity index (χ1n) is 5.81. The van der Waals surface area contributed by atoms with E-state index in [4.69, 9.17) is 15.2 Å². The summed E-state index contributed by atoms with van der Waals surface area (Å²) in [4.78, 5) is 11.1. The fourth-order valence-electron chi connectivity index (χ4n) is 1.61. The summed E-state index contributed by atoms with van der Waals surface area (Å²) in [6, 6.07) is 5.28. The number of carbonyl (C=O) groups excluding carboxylic acids is 1. The molecule has 5 nitrogen and oxygen atoms in total. The molecule has 1 aromatic rings. The van der Waals surface area contributed by atoms with Crippen LogP contribution in [0.4, 0.5) is 5.69 Å². The summed E-state index contributed by atoms with van der Waals surface area (Å²) >= 11 is 0. The predicted molar refractivity (Wildman–Crippen MR) is 71.1 cm³/mol. The molecule has 0 fully saturated rings. The highest BCUT2D eigenvalue weighted by Crippen LogP contribution is 2.26. The Bertz CT molecular complexity index is 407. The lowest BCUT2D eigenvalue weighted by atomic mass is 10.1. The summed E-state index contributed by atoms with van der Waals surface area (Å²) in [6.07, 6.45) is 0.862. The van der Waals surface area contributed by atoms with Crippen LogP contribution in [0.25, 0.3) is 0 Å². The number of hydrogen-bond acceptors (Lipinski definition) is 4. The van der Waals surface area contributed by atoms with Crippen LogP contribution >= 0.6 is 0 Å². The number of primary amides is 1. The van der Waals surface area contributed by atoms with Crippen LogP contribution in [0.15, 0.2) is 18.2 Å². The largest absolute Gasteiger partial charge is 0.495 e. The standard InChI is InChI=1S/C13H20N2O3/c1-9(6-7-17-2)15-11-8-10(13(14)16)4-5-12(11)18-3/h4-5,8-9,15H,6-7H2,1-3H3,(H2,14,16). The van der Waals surface area contributed by atoms with Crippen molar-refractivity contribution in [2.24, 2.45) is 5.73 Å². The quantitative estimate of drug-likeness (QED) is 0.773. The second-order valence-electron chi connectivity index (χ2n) is 4.11. The number of nitrogens with one attached hydrogen (secondary N) is 1. The third kappa shape index (κ3) is 3.92. The molecular formula is C13H20N2O3.